The molecule has 0 saturated carbocycles. The maximum atomic E-state index is 13.1. The van der Waals surface area contributed by atoms with Gasteiger partial charge in [0.25, 0.3) is 0 Å². The number of nitrogens with two attached hydrogens (primary N) is 1. The van der Waals surface area contributed by atoms with E-state index in [0.717, 1.165) is 23.3 Å². The quantitative estimate of drug-likeness (QED) is 0.863. The molecule has 84 valence electrons. The number of benzene rings is 1. The Morgan fingerprint density at radius 1 is 1.19 bits per heavy atom. The van der Waals surface area contributed by atoms with Crippen molar-refractivity contribution in [2.45, 2.75) is 12.8 Å². The summed E-state index contributed by atoms with van der Waals surface area (Å²) in [6.07, 6.45) is 2.01. The lowest BCUT2D eigenvalue weighted by Gasteiger charge is -1.97. The molecule has 0 saturated heterocycles. The largest absolute Gasteiger partial charge is 0.330 e. The Morgan fingerprint density at radius 3 is 2.81 bits per heavy atom. The van der Waals surface area contributed by atoms with Gasteiger partial charge in [-0.05, 0) is 49.2 Å². The lowest BCUT2D eigenvalue weighted by Crippen LogP contribution is -1.99. The highest BCUT2D eigenvalue weighted by Gasteiger charge is 2.03. The Kier molecular flexibility index (Phi) is 3.70. The molecule has 0 spiro atoms. The fourth-order valence-corrected chi connectivity index (χ4v) is 2.63. The lowest BCUT2D eigenvalue weighted by atomic mass is 10.2. The van der Waals surface area contributed by atoms with Gasteiger partial charge in [0.05, 0.1) is 0 Å². The monoisotopic (exact) mass is 235 g/mol. The van der Waals surface area contributed by atoms with E-state index >= 15 is 0 Å². The summed E-state index contributed by atoms with van der Waals surface area (Å²) in [5.74, 6) is -0.186. The van der Waals surface area contributed by atoms with E-state index in [1.165, 1.54) is 10.9 Å². The number of thiophene rings is 1. The average Bonchev–Trinajstić information content (AvgIpc) is 2.75. The predicted octanol–water partition coefficient (Wildman–Crippen LogP) is 3.45. The molecule has 0 atom stereocenters. The van der Waals surface area contributed by atoms with Gasteiger partial charge in [-0.2, -0.15) is 0 Å². The lowest BCUT2D eigenvalue weighted by molar-refractivity contribution is 0.628. The van der Waals surface area contributed by atoms with Crippen LogP contribution in [0.25, 0.3) is 10.4 Å². The second kappa shape index (κ2) is 5.23. The van der Waals surface area contributed by atoms with Gasteiger partial charge in [-0.3, -0.25) is 0 Å². The zero-order valence-corrected chi connectivity index (χ0v) is 9.77. The van der Waals surface area contributed by atoms with Gasteiger partial charge in [-0.1, -0.05) is 12.1 Å². The Morgan fingerprint density at radius 2 is 2.06 bits per heavy atom. The minimum Gasteiger partial charge on any atom is -0.330 e. The summed E-state index contributed by atoms with van der Waals surface area (Å²) in [5.41, 5.74) is 6.42. The van der Waals surface area contributed by atoms with Crippen LogP contribution in [-0.4, -0.2) is 6.54 Å². The molecule has 0 aliphatic carbocycles. The number of hydrogen-bond acceptors (Lipinski definition) is 2. The van der Waals surface area contributed by atoms with Gasteiger partial charge in [-0.15, -0.1) is 11.3 Å². The molecule has 1 aromatic carbocycles. The third-order valence-corrected chi connectivity index (χ3v) is 3.59. The van der Waals surface area contributed by atoms with Gasteiger partial charge in [0.15, 0.2) is 0 Å². The Balaban J connectivity index is 2.18. The summed E-state index contributed by atoms with van der Waals surface area (Å²) in [6, 6.07) is 10.8. The van der Waals surface area contributed by atoms with Crippen molar-refractivity contribution in [2.75, 3.05) is 6.54 Å². The Bertz CT molecular complexity index is 464. The number of hydrogen-bond donors (Lipinski definition) is 1. The first-order valence-electron chi connectivity index (χ1n) is 5.34. The summed E-state index contributed by atoms with van der Waals surface area (Å²) < 4.78 is 13.1. The van der Waals surface area contributed by atoms with E-state index in [-0.39, 0.29) is 5.82 Å². The molecule has 3 heteroatoms. The van der Waals surface area contributed by atoms with Crippen LogP contribution in [0.1, 0.15) is 11.3 Å². The molecule has 2 aromatic rings. The summed E-state index contributed by atoms with van der Waals surface area (Å²) in [4.78, 5) is 2.43. The van der Waals surface area contributed by atoms with Crippen LogP contribution < -0.4 is 5.73 Å². The molecule has 0 fully saturated rings. The van der Waals surface area contributed by atoms with Gasteiger partial charge in [0.1, 0.15) is 5.82 Å². The number of aryl methyl sites for hydroxylation is 1. The number of rotatable bonds is 4. The van der Waals surface area contributed by atoms with Crippen molar-refractivity contribution in [3.05, 3.63) is 47.1 Å². The van der Waals surface area contributed by atoms with Gasteiger partial charge in [0, 0.05) is 9.75 Å². The topological polar surface area (TPSA) is 26.0 Å². The van der Waals surface area contributed by atoms with Crippen LogP contribution in [0.5, 0.6) is 0 Å². The standard InChI is InChI=1S/C13H14FNS/c14-11-4-1-3-10(9-11)13-7-6-12(16-13)5-2-8-15/h1,3-4,6-7,9H,2,5,8,15H2. The smallest absolute Gasteiger partial charge is 0.123 e. The molecule has 0 bridgehead atoms. The summed E-state index contributed by atoms with van der Waals surface area (Å²) in [5, 5.41) is 0. The minimum absolute atomic E-state index is 0.186. The first-order chi connectivity index (χ1) is 7.79. The van der Waals surface area contributed by atoms with Crippen molar-refractivity contribution in [1.82, 2.24) is 0 Å². The third-order valence-electron chi connectivity index (χ3n) is 2.40. The molecule has 16 heavy (non-hydrogen) atoms. The highest BCUT2D eigenvalue weighted by atomic mass is 32.1. The Labute approximate surface area is 98.7 Å². The van der Waals surface area contributed by atoms with Crippen molar-refractivity contribution in [1.29, 1.82) is 0 Å². The van der Waals surface area contributed by atoms with E-state index in [2.05, 4.69) is 6.07 Å². The molecule has 0 radical (unpaired) electrons. The van der Waals surface area contributed by atoms with Gasteiger partial charge < -0.3 is 5.73 Å². The zero-order valence-electron chi connectivity index (χ0n) is 8.95. The minimum atomic E-state index is -0.186. The van der Waals surface area contributed by atoms with E-state index in [9.17, 15) is 4.39 Å². The molecule has 1 aromatic heterocycles. The summed E-state index contributed by atoms with van der Waals surface area (Å²) in [7, 11) is 0. The number of halogens is 1. The van der Waals surface area contributed by atoms with Crippen LogP contribution in [0.2, 0.25) is 0 Å². The van der Waals surface area contributed by atoms with E-state index in [1.54, 1.807) is 23.5 Å². The molecule has 0 amide bonds. The maximum Gasteiger partial charge on any atom is 0.123 e. The molecule has 2 rings (SSSR count). The molecule has 1 nitrogen and oxygen atoms in total. The van der Waals surface area contributed by atoms with Crippen molar-refractivity contribution in [3.63, 3.8) is 0 Å². The Hall–Kier alpha value is -1.19. The summed E-state index contributed by atoms with van der Waals surface area (Å²) in [6.45, 7) is 0.715. The summed E-state index contributed by atoms with van der Waals surface area (Å²) >= 11 is 1.71. The normalized spacial score (nSPS) is 10.6. The van der Waals surface area contributed by atoms with Crippen molar-refractivity contribution in [3.8, 4) is 10.4 Å². The van der Waals surface area contributed by atoms with Crippen molar-refractivity contribution < 1.29 is 4.39 Å². The molecule has 0 aliphatic rings. The van der Waals surface area contributed by atoms with Crippen LogP contribution >= 0.6 is 11.3 Å². The SMILES string of the molecule is NCCCc1ccc(-c2cccc(F)c2)s1. The van der Waals surface area contributed by atoms with Gasteiger partial charge in [0.2, 0.25) is 0 Å². The second-order valence-corrected chi connectivity index (χ2v) is 4.84. The molecule has 1 heterocycles. The molecule has 0 aliphatic heterocycles. The van der Waals surface area contributed by atoms with E-state index in [0.29, 0.717) is 6.54 Å². The highest BCUT2D eigenvalue weighted by Crippen LogP contribution is 2.28. The average molecular weight is 235 g/mol. The first kappa shape index (κ1) is 11.3. The van der Waals surface area contributed by atoms with Crippen LogP contribution in [0, 0.1) is 5.82 Å². The van der Waals surface area contributed by atoms with Crippen LogP contribution in [0.15, 0.2) is 36.4 Å². The van der Waals surface area contributed by atoms with Crippen LogP contribution in [0.3, 0.4) is 0 Å². The predicted molar refractivity (Wildman–Crippen MR) is 67.1 cm³/mol. The van der Waals surface area contributed by atoms with Crippen LogP contribution in [-0.2, 0) is 6.42 Å². The van der Waals surface area contributed by atoms with Crippen molar-refractivity contribution in [2.24, 2.45) is 5.73 Å². The van der Waals surface area contributed by atoms with Gasteiger partial charge >= 0.3 is 0 Å². The van der Waals surface area contributed by atoms with E-state index in [1.807, 2.05) is 12.1 Å². The molecule has 0 unspecified atom stereocenters. The first-order valence-corrected chi connectivity index (χ1v) is 6.16. The fraction of sp³-hybridized carbons (Fsp3) is 0.231. The van der Waals surface area contributed by atoms with Crippen LogP contribution in [0.4, 0.5) is 4.39 Å². The van der Waals surface area contributed by atoms with E-state index in [4.69, 9.17) is 5.73 Å². The van der Waals surface area contributed by atoms with E-state index < -0.39 is 0 Å². The fourth-order valence-electron chi connectivity index (χ4n) is 1.59. The maximum absolute atomic E-state index is 13.1. The third kappa shape index (κ3) is 2.68. The molecule has 2 N–H and O–H groups in total. The molecular weight excluding hydrogens is 221 g/mol. The highest BCUT2D eigenvalue weighted by molar-refractivity contribution is 7.15. The zero-order chi connectivity index (χ0) is 11.4. The van der Waals surface area contributed by atoms with Crippen molar-refractivity contribution >= 4 is 11.3 Å². The molecular formula is C13H14FNS. The van der Waals surface area contributed by atoms with Gasteiger partial charge in [-0.25, -0.2) is 4.39 Å². The second-order valence-electron chi connectivity index (χ2n) is 3.67.